The summed E-state index contributed by atoms with van der Waals surface area (Å²) in [4.78, 5) is 0. The van der Waals surface area contributed by atoms with E-state index in [9.17, 15) is 0 Å². The Morgan fingerprint density at radius 3 is 1.22 bits per heavy atom. The molecule has 0 aromatic carbocycles. The largest absolute Gasteiger partial charge is 0.155 e. The minimum Gasteiger partial charge on any atom is -0.155 e. The Balaban J connectivity index is 2.54. The van der Waals surface area contributed by atoms with Crippen LogP contribution in [0.25, 0.3) is 0 Å². The van der Waals surface area contributed by atoms with Crippen LogP contribution >= 0.6 is 11.8 Å². The van der Waals surface area contributed by atoms with Crippen molar-refractivity contribution in [2.45, 2.75) is 38.2 Å². The zero-order chi connectivity index (χ0) is 7.02. The van der Waals surface area contributed by atoms with Crippen LogP contribution in [0.5, 0.6) is 0 Å². The van der Waals surface area contributed by atoms with Gasteiger partial charge in [0.05, 0.1) is 0 Å². The van der Waals surface area contributed by atoms with Crippen molar-refractivity contribution in [1.29, 1.82) is 0 Å². The van der Waals surface area contributed by atoms with Crippen LogP contribution in [0.2, 0.25) is 0 Å². The molecule has 1 aliphatic heterocycles. The summed E-state index contributed by atoms with van der Waals surface area (Å²) in [5.74, 6) is 1.84. The van der Waals surface area contributed by atoms with Crippen LogP contribution < -0.4 is 0 Å². The van der Waals surface area contributed by atoms with E-state index in [-0.39, 0.29) is 0 Å². The van der Waals surface area contributed by atoms with Crippen molar-refractivity contribution in [3.63, 3.8) is 0 Å². The van der Waals surface area contributed by atoms with Gasteiger partial charge in [-0.25, -0.2) is 0 Å². The molecule has 0 N–H and O–H groups in total. The first kappa shape index (κ1) is 7.46. The average Bonchev–Trinajstić information content (AvgIpc) is 1.98. The summed E-state index contributed by atoms with van der Waals surface area (Å²) >= 11 is 2.14. The highest BCUT2D eigenvalue weighted by molar-refractivity contribution is 8.00. The molecule has 0 nitrogen and oxygen atoms in total. The van der Waals surface area contributed by atoms with E-state index in [1.54, 1.807) is 0 Å². The standard InChI is InChI=1S/C8H16S/c1-5-6(2)8(4)9-7(5)3/h5-8H,1-4H3/t5-,6?,7?,8+/m1/s1. The molecule has 1 heterocycles. The lowest BCUT2D eigenvalue weighted by molar-refractivity contribution is 0.413. The molecule has 0 bridgehead atoms. The van der Waals surface area contributed by atoms with Crippen molar-refractivity contribution in [3.05, 3.63) is 0 Å². The van der Waals surface area contributed by atoms with Crippen LogP contribution in [-0.4, -0.2) is 10.5 Å². The maximum Gasteiger partial charge on any atom is 0.00500 e. The number of hydrogen-bond donors (Lipinski definition) is 0. The molecule has 0 spiro atoms. The van der Waals surface area contributed by atoms with Crippen molar-refractivity contribution >= 4 is 11.8 Å². The second kappa shape index (κ2) is 2.53. The Labute approximate surface area is 62.4 Å². The molecule has 4 atom stereocenters. The van der Waals surface area contributed by atoms with E-state index >= 15 is 0 Å². The molecule has 0 radical (unpaired) electrons. The molecule has 0 aliphatic carbocycles. The maximum atomic E-state index is 2.37. The van der Waals surface area contributed by atoms with Gasteiger partial charge in [0.25, 0.3) is 0 Å². The van der Waals surface area contributed by atoms with Crippen molar-refractivity contribution in [2.75, 3.05) is 0 Å². The van der Waals surface area contributed by atoms with Gasteiger partial charge in [-0.05, 0) is 11.8 Å². The number of rotatable bonds is 0. The Morgan fingerprint density at radius 1 is 0.778 bits per heavy atom. The molecule has 54 valence electrons. The van der Waals surface area contributed by atoms with Gasteiger partial charge < -0.3 is 0 Å². The summed E-state index contributed by atoms with van der Waals surface area (Å²) in [5, 5.41) is 1.77. The third-order valence-corrected chi connectivity index (χ3v) is 4.46. The van der Waals surface area contributed by atoms with Gasteiger partial charge >= 0.3 is 0 Å². The molecule has 1 aliphatic rings. The highest BCUT2D eigenvalue weighted by Gasteiger charge is 2.32. The first-order chi connectivity index (χ1) is 4.13. The average molecular weight is 144 g/mol. The van der Waals surface area contributed by atoms with Gasteiger partial charge in [0.1, 0.15) is 0 Å². The molecule has 1 heteroatoms. The van der Waals surface area contributed by atoms with Crippen molar-refractivity contribution in [3.8, 4) is 0 Å². The van der Waals surface area contributed by atoms with Crippen molar-refractivity contribution < 1.29 is 0 Å². The lowest BCUT2D eigenvalue weighted by atomic mass is 9.92. The third kappa shape index (κ3) is 1.26. The summed E-state index contributed by atoms with van der Waals surface area (Å²) in [7, 11) is 0. The van der Waals surface area contributed by atoms with E-state index < -0.39 is 0 Å². The van der Waals surface area contributed by atoms with Gasteiger partial charge in [-0.2, -0.15) is 11.8 Å². The second-order valence-electron chi connectivity index (χ2n) is 3.26. The summed E-state index contributed by atoms with van der Waals surface area (Å²) in [6.07, 6.45) is 0. The van der Waals surface area contributed by atoms with Gasteiger partial charge in [0.2, 0.25) is 0 Å². The van der Waals surface area contributed by atoms with E-state index in [1.807, 2.05) is 0 Å². The molecular weight excluding hydrogens is 128 g/mol. The third-order valence-electron chi connectivity index (χ3n) is 2.74. The first-order valence-electron chi connectivity index (χ1n) is 3.78. The van der Waals surface area contributed by atoms with Crippen molar-refractivity contribution in [1.82, 2.24) is 0 Å². The summed E-state index contributed by atoms with van der Waals surface area (Å²) in [6.45, 7) is 9.42. The molecule has 0 saturated carbocycles. The van der Waals surface area contributed by atoms with E-state index in [0.717, 1.165) is 22.3 Å². The molecule has 1 fully saturated rings. The van der Waals surface area contributed by atoms with Crippen LogP contribution in [0.4, 0.5) is 0 Å². The SMILES string of the molecule is CC1S[C@@H](C)C(C)[C@H]1C. The fourth-order valence-electron chi connectivity index (χ4n) is 1.44. The molecule has 0 aromatic heterocycles. The Bertz CT molecular complexity index is 88.7. The van der Waals surface area contributed by atoms with Gasteiger partial charge in [-0.15, -0.1) is 0 Å². The topological polar surface area (TPSA) is 0 Å². The Kier molecular flexibility index (Phi) is 2.10. The fourth-order valence-corrected chi connectivity index (χ4v) is 3.11. The fraction of sp³-hybridized carbons (Fsp3) is 1.00. The monoisotopic (exact) mass is 144 g/mol. The zero-order valence-corrected chi connectivity index (χ0v) is 7.53. The smallest absolute Gasteiger partial charge is 0.00500 e. The highest BCUT2D eigenvalue weighted by atomic mass is 32.2. The van der Waals surface area contributed by atoms with Gasteiger partial charge in [0, 0.05) is 10.5 Å². The molecule has 0 amide bonds. The van der Waals surface area contributed by atoms with Crippen LogP contribution in [0.15, 0.2) is 0 Å². The maximum absolute atomic E-state index is 2.37. The summed E-state index contributed by atoms with van der Waals surface area (Å²) in [6, 6.07) is 0. The molecule has 0 aromatic rings. The molecule has 1 rings (SSSR count). The van der Waals surface area contributed by atoms with Crippen LogP contribution in [-0.2, 0) is 0 Å². The van der Waals surface area contributed by atoms with Gasteiger partial charge in [0.15, 0.2) is 0 Å². The van der Waals surface area contributed by atoms with Gasteiger partial charge in [-0.1, -0.05) is 27.7 Å². The quantitative estimate of drug-likeness (QED) is 0.504. The molecule has 1 saturated heterocycles. The van der Waals surface area contributed by atoms with E-state index in [0.29, 0.717) is 0 Å². The van der Waals surface area contributed by atoms with Crippen molar-refractivity contribution in [2.24, 2.45) is 11.8 Å². The molecular formula is C8H16S. The zero-order valence-electron chi connectivity index (χ0n) is 6.72. The number of hydrogen-bond acceptors (Lipinski definition) is 1. The van der Waals surface area contributed by atoms with Crippen LogP contribution in [0, 0.1) is 11.8 Å². The van der Waals surface area contributed by atoms with E-state index in [4.69, 9.17) is 0 Å². The summed E-state index contributed by atoms with van der Waals surface area (Å²) in [5.41, 5.74) is 0. The highest BCUT2D eigenvalue weighted by Crippen LogP contribution is 2.41. The Hall–Kier alpha value is 0.350. The molecule has 9 heavy (non-hydrogen) atoms. The normalized spacial score (nSPS) is 52.0. The predicted molar refractivity (Wildman–Crippen MR) is 44.8 cm³/mol. The van der Waals surface area contributed by atoms with Crippen LogP contribution in [0.3, 0.4) is 0 Å². The minimum atomic E-state index is 0.884. The molecule has 2 unspecified atom stereocenters. The lowest BCUT2D eigenvalue weighted by Crippen LogP contribution is -2.12. The summed E-state index contributed by atoms with van der Waals surface area (Å²) < 4.78 is 0. The predicted octanol–water partition coefficient (Wildman–Crippen LogP) is 2.78. The van der Waals surface area contributed by atoms with E-state index in [2.05, 4.69) is 39.5 Å². The van der Waals surface area contributed by atoms with Crippen LogP contribution in [0.1, 0.15) is 27.7 Å². The van der Waals surface area contributed by atoms with Gasteiger partial charge in [-0.3, -0.25) is 0 Å². The number of thioether (sulfide) groups is 1. The lowest BCUT2D eigenvalue weighted by Gasteiger charge is -2.12. The first-order valence-corrected chi connectivity index (χ1v) is 4.72. The minimum absolute atomic E-state index is 0.884. The second-order valence-corrected chi connectivity index (χ2v) is 5.02. The Morgan fingerprint density at radius 2 is 1.11 bits per heavy atom. The van der Waals surface area contributed by atoms with E-state index in [1.165, 1.54) is 0 Å².